The number of methoxy groups -OCH3 is 1. The first-order chi connectivity index (χ1) is 13.6. The molecule has 0 atom stereocenters. The van der Waals surface area contributed by atoms with Gasteiger partial charge in [-0.25, -0.2) is 0 Å². The van der Waals surface area contributed by atoms with Gasteiger partial charge in [-0.05, 0) is 29.0 Å². The molecular formula is C19H18N6O3. The Bertz CT molecular complexity index is 967. The minimum absolute atomic E-state index is 0.178. The second kappa shape index (κ2) is 9.08. The lowest BCUT2D eigenvalue weighted by atomic mass is 10.2. The number of hydrazine groups is 1. The van der Waals surface area contributed by atoms with Crippen molar-refractivity contribution in [2.24, 2.45) is 0 Å². The molecular weight excluding hydrogens is 360 g/mol. The zero-order valence-corrected chi connectivity index (χ0v) is 15.1. The number of carbonyl (C=O) groups is 2. The van der Waals surface area contributed by atoms with E-state index in [1.165, 1.54) is 6.08 Å². The normalized spacial score (nSPS) is 10.6. The van der Waals surface area contributed by atoms with Crippen LogP contribution in [0.15, 0.2) is 60.7 Å². The zero-order valence-electron chi connectivity index (χ0n) is 15.1. The van der Waals surface area contributed by atoms with Crippen LogP contribution in [0.4, 0.5) is 0 Å². The predicted octanol–water partition coefficient (Wildman–Crippen LogP) is 1.21. The van der Waals surface area contributed by atoms with E-state index in [-0.39, 0.29) is 6.54 Å². The van der Waals surface area contributed by atoms with Crippen LogP contribution in [0.2, 0.25) is 0 Å². The van der Waals surface area contributed by atoms with E-state index in [0.717, 1.165) is 21.7 Å². The number of hydrogen-bond acceptors (Lipinski definition) is 6. The molecule has 0 unspecified atom stereocenters. The van der Waals surface area contributed by atoms with Gasteiger partial charge in [-0.15, -0.1) is 10.2 Å². The number of aromatic nitrogens is 4. The molecule has 0 saturated carbocycles. The monoisotopic (exact) mass is 378 g/mol. The second-order valence-corrected chi connectivity index (χ2v) is 5.65. The van der Waals surface area contributed by atoms with Gasteiger partial charge in [0.15, 0.2) is 0 Å². The summed E-state index contributed by atoms with van der Waals surface area (Å²) in [5.41, 5.74) is 6.21. The number of hydrogen-bond donors (Lipinski definition) is 2. The quantitative estimate of drug-likeness (QED) is 0.493. The van der Waals surface area contributed by atoms with E-state index < -0.39 is 11.8 Å². The number of benzene rings is 2. The highest BCUT2D eigenvalue weighted by Gasteiger charge is 2.09. The topological polar surface area (TPSA) is 111 Å². The van der Waals surface area contributed by atoms with E-state index in [0.29, 0.717) is 5.82 Å². The largest absolute Gasteiger partial charge is 0.497 e. The minimum atomic E-state index is -0.483. The van der Waals surface area contributed by atoms with Gasteiger partial charge >= 0.3 is 0 Å². The van der Waals surface area contributed by atoms with Gasteiger partial charge in [-0.1, -0.05) is 42.5 Å². The molecule has 1 aromatic heterocycles. The smallest absolute Gasteiger partial charge is 0.262 e. The predicted molar refractivity (Wildman–Crippen MR) is 102 cm³/mol. The maximum atomic E-state index is 11.9. The number of rotatable bonds is 6. The van der Waals surface area contributed by atoms with Gasteiger partial charge in [-0.2, -0.15) is 4.80 Å². The number of nitrogens with one attached hydrogen (secondary N) is 2. The van der Waals surface area contributed by atoms with E-state index in [1.54, 1.807) is 25.3 Å². The Morgan fingerprint density at radius 1 is 1.07 bits per heavy atom. The molecule has 2 amide bonds. The van der Waals surface area contributed by atoms with Crippen LogP contribution < -0.4 is 15.6 Å². The van der Waals surface area contributed by atoms with Crippen molar-refractivity contribution in [1.29, 1.82) is 0 Å². The van der Waals surface area contributed by atoms with Crippen LogP contribution in [0.1, 0.15) is 5.56 Å². The number of nitrogens with zero attached hydrogens (tertiary/aromatic N) is 4. The van der Waals surface area contributed by atoms with Crippen molar-refractivity contribution >= 4 is 17.9 Å². The molecule has 0 saturated heterocycles. The highest BCUT2D eigenvalue weighted by Crippen LogP contribution is 2.12. The molecule has 0 radical (unpaired) electrons. The number of carbonyl (C=O) groups excluding carboxylic acids is 2. The second-order valence-electron chi connectivity index (χ2n) is 5.65. The third-order valence-electron chi connectivity index (χ3n) is 3.64. The number of ether oxygens (including phenoxy) is 1. The van der Waals surface area contributed by atoms with E-state index in [9.17, 15) is 9.59 Å². The molecule has 2 N–H and O–H groups in total. The summed E-state index contributed by atoms with van der Waals surface area (Å²) in [5, 5.41) is 11.9. The summed E-state index contributed by atoms with van der Waals surface area (Å²) in [5.74, 6) is 0.190. The van der Waals surface area contributed by atoms with E-state index in [4.69, 9.17) is 4.74 Å². The van der Waals surface area contributed by atoms with Crippen LogP contribution in [0, 0.1) is 0 Å². The summed E-state index contributed by atoms with van der Waals surface area (Å²) >= 11 is 0. The summed E-state index contributed by atoms with van der Waals surface area (Å²) < 4.78 is 5.07. The first-order valence-corrected chi connectivity index (χ1v) is 8.38. The highest BCUT2D eigenvalue weighted by molar-refractivity contribution is 5.93. The van der Waals surface area contributed by atoms with E-state index in [1.807, 2.05) is 42.5 Å². The van der Waals surface area contributed by atoms with Crippen molar-refractivity contribution in [3.05, 3.63) is 66.2 Å². The molecule has 0 aliphatic rings. The summed E-state index contributed by atoms with van der Waals surface area (Å²) in [6.45, 7) is -0.178. The summed E-state index contributed by atoms with van der Waals surface area (Å²) in [7, 11) is 1.58. The van der Waals surface area contributed by atoms with Gasteiger partial charge in [0.1, 0.15) is 12.3 Å². The lowest BCUT2D eigenvalue weighted by Gasteiger charge is -2.04. The van der Waals surface area contributed by atoms with Crippen LogP contribution in [-0.4, -0.2) is 39.1 Å². The Morgan fingerprint density at radius 2 is 1.82 bits per heavy atom. The van der Waals surface area contributed by atoms with Crippen molar-refractivity contribution in [2.75, 3.05) is 7.11 Å². The standard InChI is InChI=1S/C19H18N6O3/c1-28-16-10-7-14(8-11-16)9-12-17(26)20-21-18(27)13-25-23-19(22-24-25)15-5-3-2-4-6-15/h2-12H,13H2,1H3,(H,20,26)(H,21,27)/b12-9+. The van der Waals surface area contributed by atoms with Crippen molar-refractivity contribution in [2.45, 2.75) is 6.54 Å². The van der Waals surface area contributed by atoms with Crippen molar-refractivity contribution in [3.8, 4) is 17.1 Å². The molecule has 0 aliphatic heterocycles. The molecule has 0 spiro atoms. The van der Waals surface area contributed by atoms with Crippen molar-refractivity contribution in [3.63, 3.8) is 0 Å². The third-order valence-corrected chi connectivity index (χ3v) is 3.64. The van der Waals surface area contributed by atoms with Crippen LogP contribution in [0.3, 0.4) is 0 Å². The van der Waals surface area contributed by atoms with Gasteiger partial charge < -0.3 is 4.74 Å². The molecule has 142 valence electrons. The molecule has 9 nitrogen and oxygen atoms in total. The molecule has 0 fully saturated rings. The maximum absolute atomic E-state index is 11.9. The Balaban J connectivity index is 1.46. The molecule has 1 heterocycles. The van der Waals surface area contributed by atoms with Crippen LogP contribution >= 0.6 is 0 Å². The molecule has 9 heteroatoms. The maximum Gasteiger partial charge on any atom is 0.262 e. The minimum Gasteiger partial charge on any atom is -0.497 e. The fraction of sp³-hybridized carbons (Fsp3) is 0.105. The Kier molecular flexibility index (Phi) is 6.09. The average Bonchev–Trinajstić information content (AvgIpc) is 3.20. The van der Waals surface area contributed by atoms with E-state index in [2.05, 4.69) is 26.3 Å². The van der Waals surface area contributed by atoms with Gasteiger partial charge in [0.2, 0.25) is 5.82 Å². The molecule has 0 aliphatic carbocycles. The summed E-state index contributed by atoms with van der Waals surface area (Å²) in [6.07, 6.45) is 2.93. The van der Waals surface area contributed by atoms with Crippen molar-refractivity contribution in [1.82, 2.24) is 31.1 Å². The van der Waals surface area contributed by atoms with Gasteiger partial charge in [0.25, 0.3) is 11.8 Å². The van der Waals surface area contributed by atoms with Crippen LogP contribution in [0.5, 0.6) is 5.75 Å². The van der Waals surface area contributed by atoms with Crippen LogP contribution in [-0.2, 0) is 16.1 Å². The third kappa shape index (κ3) is 5.24. The Labute approximate surface area is 161 Å². The van der Waals surface area contributed by atoms with Gasteiger partial charge in [0, 0.05) is 11.6 Å². The average molecular weight is 378 g/mol. The fourth-order valence-electron chi connectivity index (χ4n) is 2.24. The fourth-order valence-corrected chi connectivity index (χ4v) is 2.24. The van der Waals surface area contributed by atoms with Crippen molar-refractivity contribution < 1.29 is 14.3 Å². The highest BCUT2D eigenvalue weighted by atomic mass is 16.5. The molecule has 3 aromatic rings. The Hall–Kier alpha value is -4.01. The molecule has 0 bridgehead atoms. The number of amides is 2. The van der Waals surface area contributed by atoms with Gasteiger partial charge in [0.05, 0.1) is 7.11 Å². The SMILES string of the molecule is COc1ccc(/C=C/C(=O)NNC(=O)Cn2nnc(-c3ccccc3)n2)cc1. The Morgan fingerprint density at radius 3 is 2.54 bits per heavy atom. The lowest BCUT2D eigenvalue weighted by Crippen LogP contribution is -2.42. The van der Waals surface area contributed by atoms with Gasteiger partial charge in [-0.3, -0.25) is 20.4 Å². The van der Waals surface area contributed by atoms with Crippen LogP contribution in [0.25, 0.3) is 17.5 Å². The molecule has 2 aromatic carbocycles. The molecule has 3 rings (SSSR count). The first-order valence-electron chi connectivity index (χ1n) is 8.38. The van der Waals surface area contributed by atoms with E-state index >= 15 is 0 Å². The summed E-state index contributed by atoms with van der Waals surface area (Å²) in [4.78, 5) is 24.9. The first kappa shape index (κ1) is 18.8. The zero-order chi connectivity index (χ0) is 19.8. The summed E-state index contributed by atoms with van der Waals surface area (Å²) in [6, 6.07) is 16.5. The lowest BCUT2D eigenvalue weighted by molar-refractivity contribution is -0.127. The molecule has 28 heavy (non-hydrogen) atoms. The number of tetrazole rings is 1.